The Balaban J connectivity index is 1.52. The number of fused-ring (bicyclic) bond motifs is 1. The van der Waals surface area contributed by atoms with Crippen LogP contribution in [-0.2, 0) is 23.9 Å². The van der Waals surface area contributed by atoms with Crippen LogP contribution >= 0.6 is 0 Å². The minimum absolute atomic E-state index is 0.00342. The number of carbonyl (C=O) groups excluding carboxylic acids is 4. The molecule has 228 valence electrons. The molecule has 2 saturated carbocycles. The summed E-state index contributed by atoms with van der Waals surface area (Å²) in [5.41, 5.74) is -0.380. The second-order valence-corrected chi connectivity index (χ2v) is 12.1. The van der Waals surface area contributed by atoms with Crippen molar-refractivity contribution in [2.45, 2.75) is 95.3 Å². The second kappa shape index (κ2) is 11.0. The first-order chi connectivity index (χ1) is 19.0. The number of amides is 4. The summed E-state index contributed by atoms with van der Waals surface area (Å²) < 4.78 is 71.5. The van der Waals surface area contributed by atoms with E-state index in [0.29, 0.717) is 13.0 Å². The topological polar surface area (TPSA) is 141 Å². The lowest BCUT2D eigenvalue weighted by Gasteiger charge is -2.39. The number of ether oxygens (including phenoxy) is 1. The van der Waals surface area contributed by atoms with Crippen LogP contribution in [0.2, 0.25) is 0 Å². The molecule has 3 N–H and O–H groups in total. The number of likely N-dealkylation sites (tertiary alicyclic amines) is 1. The van der Waals surface area contributed by atoms with E-state index in [1.807, 2.05) is 19.9 Å². The molecule has 4 aliphatic rings. The summed E-state index contributed by atoms with van der Waals surface area (Å²) >= 11 is 0. The molecule has 2 aliphatic carbocycles. The van der Waals surface area contributed by atoms with E-state index in [1.54, 1.807) is 5.32 Å². The van der Waals surface area contributed by atoms with Crippen molar-refractivity contribution in [3.8, 4) is 6.07 Å². The molecule has 41 heavy (non-hydrogen) atoms. The predicted octanol–water partition coefficient (Wildman–Crippen LogP) is 1.64. The smallest absolute Gasteiger partial charge is 0.372 e. The Bertz CT molecular complexity index is 1120. The second-order valence-electron chi connectivity index (χ2n) is 12.1. The van der Waals surface area contributed by atoms with E-state index in [4.69, 9.17) is 4.74 Å². The third-order valence-corrected chi connectivity index (χ3v) is 8.89. The summed E-state index contributed by atoms with van der Waals surface area (Å²) in [5.74, 6) is -8.38. The van der Waals surface area contributed by atoms with Crippen molar-refractivity contribution in [3.05, 3.63) is 0 Å². The molecule has 2 heterocycles. The Morgan fingerprint density at radius 1 is 1.22 bits per heavy atom. The number of nitrogens with one attached hydrogen (secondary N) is 3. The first-order valence-electron chi connectivity index (χ1n) is 13.7. The van der Waals surface area contributed by atoms with Crippen molar-refractivity contribution >= 4 is 23.6 Å². The van der Waals surface area contributed by atoms with Gasteiger partial charge in [-0.3, -0.25) is 19.2 Å². The SMILES string of the molecule is C[C@@H](OC1CC(F)(F)C1)[C@H](NC(=O)C(F)(F)F)C(=O)N1C[C@H]2[C@@H]([C@H]1C(=O)N[C@H](C#N)C[C@@H]1CCCNC1=O)C2(C)C. The number of carbonyl (C=O) groups is 4. The average Bonchev–Trinajstić information content (AvgIpc) is 3.19. The highest BCUT2D eigenvalue weighted by Crippen LogP contribution is 2.65. The highest BCUT2D eigenvalue weighted by Gasteiger charge is 2.70. The summed E-state index contributed by atoms with van der Waals surface area (Å²) in [4.78, 5) is 52.3. The Kier molecular flexibility index (Phi) is 8.30. The fourth-order valence-electron chi connectivity index (χ4n) is 6.43. The zero-order valence-corrected chi connectivity index (χ0v) is 22.9. The monoisotopic (exact) mass is 591 g/mol. The summed E-state index contributed by atoms with van der Waals surface area (Å²) in [6.45, 7) is 5.48. The largest absolute Gasteiger partial charge is 0.471 e. The zero-order valence-electron chi connectivity index (χ0n) is 22.9. The van der Waals surface area contributed by atoms with Gasteiger partial charge in [-0.1, -0.05) is 13.8 Å². The molecular weight excluding hydrogens is 557 g/mol. The van der Waals surface area contributed by atoms with Crippen LogP contribution in [0.1, 0.15) is 52.9 Å². The van der Waals surface area contributed by atoms with Gasteiger partial charge in [-0.05, 0) is 43.4 Å². The van der Waals surface area contributed by atoms with Crippen LogP contribution in [0.5, 0.6) is 0 Å². The zero-order chi connectivity index (χ0) is 30.5. The van der Waals surface area contributed by atoms with Gasteiger partial charge in [0.1, 0.15) is 18.1 Å². The molecule has 0 aromatic rings. The number of nitriles is 1. The van der Waals surface area contributed by atoms with E-state index in [-0.39, 0.29) is 36.1 Å². The van der Waals surface area contributed by atoms with Crippen LogP contribution in [0.3, 0.4) is 0 Å². The van der Waals surface area contributed by atoms with Crippen LogP contribution < -0.4 is 16.0 Å². The van der Waals surface area contributed by atoms with Gasteiger partial charge in [0, 0.05) is 31.8 Å². The van der Waals surface area contributed by atoms with E-state index >= 15 is 0 Å². The maximum atomic E-state index is 13.7. The quantitative estimate of drug-likeness (QED) is 0.349. The molecular formula is C26H34F5N5O5. The van der Waals surface area contributed by atoms with Crippen molar-refractivity contribution in [2.75, 3.05) is 13.1 Å². The summed E-state index contributed by atoms with van der Waals surface area (Å²) in [5, 5.41) is 16.6. The van der Waals surface area contributed by atoms with Gasteiger partial charge >= 0.3 is 12.1 Å². The van der Waals surface area contributed by atoms with E-state index in [9.17, 15) is 46.4 Å². The van der Waals surface area contributed by atoms with Gasteiger partial charge in [0.2, 0.25) is 17.7 Å². The third-order valence-electron chi connectivity index (χ3n) is 8.89. The van der Waals surface area contributed by atoms with Crippen LogP contribution in [0.15, 0.2) is 0 Å². The van der Waals surface area contributed by atoms with E-state index < -0.39 is 78.9 Å². The molecule has 0 aromatic carbocycles. The van der Waals surface area contributed by atoms with Crippen molar-refractivity contribution < 1.29 is 45.9 Å². The van der Waals surface area contributed by atoms with Crippen LogP contribution in [-0.4, -0.2) is 84.1 Å². The number of rotatable bonds is 9. The van der Waals surface area contributed by atoms with Crippen molar-refractivity contribution in [1.29, 1.82) is 5.26 Å². The number of alkyl halides is 5. The number of nitrogens with zero attached hydrogens (tertiary/aromatic N) is 2. The average molecular weight is 592 g/mol. The lowest BCUT2D eigenvalue weighted by molar-refractivity contribution is -0.190. The molecule has 15 heteroatoms. The van der Waals surface area contributed by atoms with Gasteiger partial charge in [-0.15, -0.1) is 0 Å². The number of hydrogen-bond donors (Lipinski definition) is 3. The number of hydrogen-bond acceptors (Lipinski definition) is 6. The number of piperidine rings is 2. The van der Waals surface area contributed by atoms with E-state index in [2.05, 4.69) is 10.6 Å². The highest BCUT2D eigenvalue weighted by atomic mass is 19.4. The van der Waals surface area contributed by atoms with Crippen molar-refractivity contribution in [1.82, 2.24) is 20.9 Å². The normalized spacial score (nSPS) is 30.5. The van der Waals surface area contributed by atoms with Gasteiger partial charge in [0.25, 0.3) is 5.92 Å². The minimum Gasteiger partial charge on any atom is -0.372 e. The van der Waals surface area contributed by atoms with Gasteiger partial charge in [-0.2, -0.15) is 18.4 Å². The molecule has 10 nitrogen and oxygen atoms in total. The predicted molar refractivity (Wildman–Crippen MR) is 131 cm³/mol. The Morgan fingerprint density at radius 3 is 2.44 bits per heavy atom. The van der Waals surface area contributed by atoms with E-state index in [1.165, 1.54) is 6.92 Å². The fraction of sp³-hybridized carbons (Fsp3) is 0.808. The highest BCUT2D eigenvalue weighted by molar-refractivity contribution is 5.95. The molecule has 0 radical (unpaired) electrons. The third kappa shape index (κ3) is 6.42. The number of halogens is 5. The van der Waals surface area contributed by atoms with Crippen molar-refractivity contribution in [2.24, 2.45) is 23.2 Å². The van der Waals surface area contributed by atoms with Crippen LogP contribution in [0.25, 0.3) is 0 Å². The molecule has 2 saturated heterocycles. The molecule has 0 spiro atoms. The van der Waals surface area contributed by atoms with E-state index in [0.717, 1.165) is 11.3 Å². The van der Waals surface area contributed by atoms with Crippen LogP contribution in [0.4, 0.5) is 22.0 Å². The molecule has 2 aliphatic heterocycles. The van der Waals surface area contributed by atoms with Gasteiger partial charge < -0.3 is 25.6 Å². The molecule has 0 bridgehead atoms. The van der Waals surface area contributed by atoms with Crippen molar-refractivity contribution in [3.63, 3.8) is 0 Å². The van der Waals surface area contributed by atoms with Crippen LogP contribution in [0, 0.1) is 34.5 Å². The summed E-state index contributed by atoms with van der Waals surface area (Å²) in [6.07, 6.45) is -7.81. The maximum Gasteiger partial charge on any atom is 0.471 e. The molecule has 7 atom stereocenters. The van der Waals surface area contributed by atoms with Gasteiger partial charge in [-0.25, -0.2) is 8.78 Å². The molecule has 4 amide bonds. The first-order valence-corrected chi connectivity index (χ1v) is 13.7. The first kappa shape index (κ1) is 30.9. The molecule has 4 fully saturated rings. The van der Waals surface area contributed by atoms with Gasteiger partial charge in [0.05, 0.1) is 18.3 Å². The van der Waals surface area contributed by atoms with Gasteiger partial charge in [0.15, 0.2) is 0 Å². The Labute approximate surface area is 233 Å². The fourth-order valence-corrected chi connectivity index (χ4v) is 6.43. The Morgan fingerprint density at radius 2 is 1.88 bits per heavy atom. The minimum atomic E-state index is -5.33. The molecule has 0 aromatic heterocycles. The summed E-state index contributed by atoms with van der Waals surface area (Å²) in [7, 11) is 0. The standard InChI is InChI=1S/C26H34F5N5O5/c1-12(41-15-8-25(27,28)9-15)18(35-23(40)26(29,30)31)22(39)36-11-16-17(24(16,2)3)19(36)21(38)34-14(10-32)7-13-5-4-6-33-20(13)37/h12-19H,4-9,11H2,1-3H3,(H,33,37)(H,34,38)(H,35,40)/t12-,13+,14+,16+,17+,18+,19+/m1/s1. The summed E-state index contributed by atoms with van der Waals surface area (Å²) in [6, 6.07) is -2.17. The lowest BCUT2D eigenvalue weighted by atomic mass is 9.90. The molecule has 4 rings (SSSR count). The molecule has 0 unspecified atom stereocenters. The Hall–Kier alpha value is -3.02. The lowest BCUT2D eigenvalue weighted by Crippen LogP contribution is -2.61. The maximum absolute atomic E-state index is 13.7.